The molecule has 1 aromatic carbocycles. The molecule has 0 atom stereocenters. The van der Waals surface area contributed by atoms with E-state index in [0.29, 0.717) is 22.8 Å². The van der Waals surface area contributed by atoms with E-state index in [4.69, 9.17) is 4.74 Å². The summed E-state index contributed by atoms with van der Waals surface area (Å²) >= 11 is 0. The van der Waals surface area contributed by atoms with Crippen LogP contribution in [0.25, 0.3) is 5.82 Å². The average molecular weight is 294 g/mol. The minimum absolute atomic E-state index is 0.211. The minimum Gasteiger partial charge on any atom is -0.497 e. The summed E-state index contributed by atoms with van der Waals surface area (Å²) in [6, 6.07) is 10.6. The molecule has 3 rings (SSSR count). The first kappa shape index (κ1) is 13.8. The van der Waals surface area contributed by atoms with Crippen molar-refractivity contribution < 1.29 is 9.53 Å². The summed E-state index contributed by atoms with van der Waals surface area (Å²) in [7, 11) is 1.58. The molecule has 0 spiro atoms. The van der Waals surface area contributed by atoms with Crippen LogP contribution in [0, 0.1) is 0 Å². The van der Waals surface area contributed by atoms with Gasteiger partial charge in [-0.3, -0.25) is 9.36 Å². The summed E-state index contributed by atoms with van der Waals surface area (Å²) in [5.74, 6) is 1.11. The molecule has 22 heavy (non-hydrogen) atoms. The number of imidazole rings is 1. The molecule has 0 radical (unpaired) electrons. The van der Waals surface area contributed by atoms with Crippen LogP contribution in [-0.4, -0.2) is 27.6 Å². The van der Waals surface area contributed by atoms with Crippen molar-refractivity contribution in [1.82, 2.24) is 14.5 Å². The molecule has 3 aromatic rings. The van der Waals surface area contributed by atoms with E-state index in [1.807, 2.05) is 12.1 Å². The van der Waals surface area contributed by atoms with Gasteiger partial charge in [-0.25, -0.2) is 9.97 Å². The number of pyridine rings is 1. The molecule has 110 valence electrons. The van der Waals surface area contributed by atoms with Crippen LogP contribution in [-0.2, 0) is 0 Å². The van der Waals surface area contributed by atoms with E-state index in [0.717, 1.165) is 0 Å². The molecule has 0 fully saturated rings. The molecule has 1 amide bonds. The number of amides is 1. The molecule has 2 aromatic heterocycles. The molecular formula is C16H14N4O2. The van der Waals surface area contributed by atoms with Gasteiger partial charge in [0.1, 0.15) is 17.9 Å². The summed E-state index contributed by atoms with van der Waals surface area (Å²) in [5.41, 5.74) is 1.19. The number of carbonyl (C=O) groups is 1. The third kappa shape index (κ3) is 2.95. The predicted octanol–water partition coefficient (Wildman–Crippen LogP) is 2.53. The van der Waals surface area contributed by atoms with E-state index in [1.54, 1.807) is 60.9 Å². The lowest BCUT2D eigenvalue weighted by Crippen LogP contribution is -2.12. The average Bonchev–Trinajstić information content (AvgIpc) is 3.09. The van der Waals surface area contributed by atoms with Gasteiger partial charge in [-0.15, -0.1) is 0 Å². The molecule has 0 saturated heterocycles. The fourth-order valence-corrected chi connectivity index (χ4v) is 2.00. The molecule has 2 heterocycles. The number of hydrogen-bond donors (Lipinski definition) is 1. The Kier molecular flexibility index (Phi) is 3.82. The number of anilines is 1. The normalized spacial score (nSPS) is 10.2. The number of nitrogens with zero attached hydrogens (tertiary/aromatic N) is 3. The van der Waals surface area contributed by atoms with Gasteiger partial charge in [0.25, 0.3) is 5.91 Å². The summed E-state index contributed by atoms with van der Waals surface area (Å²) in [6.07, 6.45) is 6.65. The third-order valence-corrected chi connectivity index (χ3v) is 3.10. The molecule has 0 unspecified atom stereocenters. The quantitative estimate of drug-likeness (QED) is 0.802. The Balaban J connectivity index is 1.81. The second-order valence-electron chi connectivity index (χ2n) is 4.56. The number of rotatable bonds is 4. The Morgan fingerprint density at radius 2 is 2.14 bits per heavy atom. The Hall–Kier alpha value is -3.15. The highest BCUT2D eigenvalue weighted by atomic mass is 16.5. The zero-order chi connectivity index (χ0) is 15.4. The number of aromatic nitrogens is 3. The van der Waals surface area contributed by atoms with Crippen LogP contribution in [0.3, 0.4) is 0 Å². The number of carbonyl (C=O) groups excluding carboxylic acids is 1. The van der Waals surface area contributed by atoms with Crippen molar-refractivity contribution in [3.8, 4) is 11.6 Å². The molecule has 0 aliphatic rings. The SMILES string of the molecule is COc1cccc(NC(=O)c2ccnc(-n3ccnc3)c2)c1. The fourth-order valence-electron chi connectivity index (χ4n) is 2.00. The van der Waals surface area contributed by atoms with E-state index in [-0.39, 0.29) is 5.91 Å². The van der Waals surface area contributed by atoms with Gasteiger partial charge in [0.2, 0.25) is 0 Å². The van der Waals surface area contributed by atoms with Crippen molar-refractivity contribution in [2.24, 2.45) is 0 Å². The first-order valence-corrected chi connectivity index (χ1v) is 6.66. The lowest BCUT2D eigenvalue weighted by molar-refractivity contribution is 0.102. The number of nitrogens with one attached hydrogen (secondary N) is 1. The van der Waals surface area contributed by atoms with Crippen LogP contribution >= 0.6 is 0 Å². The highest BCUT2D eigenvalue weighted by Crippen LogP contribution is 2.17. The zero-order valence-corrected chi connectivity index (χ0v) is 11.9. The first-order valence-electron chi connectivity index (χ1n) is 6.66. The predicted molar refractivity (Wildman–Crippen MR) is 82.3 cm³/mol. The standard InChI is InChI=1S/C16H14N4O2/c1-22-14-4-2-3-13(10-14)19-16(21)12-5-6-18-15(9-12)20-8-7-17-11-20/h2-11H,1H3,(H,19,21). The lowest BCUT2D eigenvalue weighted by atomic mass is 10.2. The van der Waals surface area contributed by atoms with Gasteiger partial charge in [-0.1, -0.05) is 6.07 Å². The second kappa shape index (κ2) is 6.09. The minimum atomic E-state index is -0.211. The highest BCUT2D eigenvalue weighted by Gasteiger charge is 2.08. The molecule has 1 N–H and O–H groups in total. The summed E-state index contributed by atoms with van der Waals surface area (Å²) < 4.78 is 6.88. The second-order valence-corrected chi connectivity index (χ2v) is 4.56. The monoisotopic (exact) mass is 294 g/mol. The first-order chi connectivity index (χ1) is 10.8. The van der Waals surface area contributed by atoms with Crippen molar-refractivity contribution in [2.45, 2.75) is 0 Å². The van der Waals surface area contributed by atoms with Gasteiger partial charge < -0.3 is 10.1 Å². The Labute approximate surface area is 127 Å². The van der Waals surface area contributed by atoms with E-state index in [2.05, 4.69) is 15.3 Å². The Morgan fingerprint density at radius 3 is 2.91 bits per heavy atom. The molecule has 0 bridgehead atoms. The van der Waals surface area contributed by atoms with Gasteiger partial charge in [0.15, 0.2) is 0 Å². The van der Waals surface area contributed by atoms with E-state index in [9.17, 15) is 4.79 Å². The Bertz CT molecular complexity index is 784. The van der Waals surface area contributed by atoms with Crippen LogP contribution in [0.4, 0.5) is 5.69 Å². The molecule has 0 aliphatic heterocycles. The fraction of sp³-hybridized carbons (Fsp3) is 0.0625. The number of methoxy groups -OCH3 is 1. The maximum absolute atomic E-state index is 12.3. The highest BCUT2D eigenvalue weighted by molar-refractivity contribution is 6.04. The molecule has 0 saturated carbocycles. The topological polar surface area (TPSA) is 69.0 Å². The van der Waals surface area contributed by atoms with Crippen molar-refractivity contribution in [3.63, 3.8) is 0 Å². The van der Waals surface area contributed by atoms with Crippen LogP contribution < -0.4 is 10.1 Å². The van der Waals surface area contributed by atoms with Crippen LogP contribution in [0.5, 0.6) is 5.75 Å². The van der Waals surface area contributed by atoms with Crippen molar-refractivity contribution in [2.75, 3.05) is 12.4 Å². The van der Waals surface area contributed by atoms with Gasteiger partial charge in [0, 0.05) is 35.9 Å². The van der Waals surface area contributed by atoms with Crippen LogP contribution in [0.2, 0.25) is 0 Å². The molecule has 6 nitrogen and oxygen atoms in total. The maximum Gasteiger partial charge on any atom is 0.255 e. The van der Waals surface area contributed by atoms with E-state index in [1.165, 1.54) is 0 Å². The van der Waals surface area contributed by atoms with Gasteiger partial charge in [-0.05, 0) is 24.3 Å². The van der Waals surface area contributed by atoms with Crippen molar-refractivity contribution in [3.05, 3.63) is 66.9 Å². The van der Waals surface area contributed by atoms with Crippen LogP contribution in [0.1, 0.15) is 10.4 Å². The Morgan fingerprint density at radius 1 is 1.23 bits per heavy atom. The number of ether oxygens (including phenoxy) is 1. The number of benzene rings is 1. The van der Waals surface area contributed by atoms with E-state index >= 15 is 0 Å². The molecule has 0 aliphatic carbocycles. The van der Waals surface area contributed by atoms with Gasteiger partial charge >= 0.3 is 0 Å². The van der Waals surface area contributed by atoms with Crippen LogP contribution in [0.15, 0.2) is 61.3 Å². The summed E-state index contributed by atoms with van der Waals surface area (Å²) in [6.45, 7) is 0. The maximum atomic E-state index is 12.3. The lowest BCUT2D eigenvalue weighted by Gasteiger charge is -2.08. The van der Waals surface area contributed by atoms with Gasteiger partial charge in [0.05, 0.1) is 7.11 Å². The largest absolute Gasteiger partial charge is 0.497 e. The van der Waals surface area contributed by atoms with E-state index < -0.39 is 0 Å². The summed E-state index contributed by atoms with van der Waals surface area (Å²) in [5, 5.41) is 2.83. The zero-order valence-electron chi connectivity index (χ0n) is 11.9. The van der Waals surface area contributed by atoms with Crippen molar-refractivity contribution >= 4 is 11.6 Å². The summed E-state index contributed by atoms with van der Waals surface area (Å²) in [4.78, 5) is 20.5. The van der Waals surface area contributed by atoms with Gasteiger partial charge in [-0.2, -0.15) is 0 Å². The molecule has 6 heteroatoms. The van der Waals surface area contributed by atoms with Crippen molar-refractivity contribution in [1.29, 1.82) is 0 Å². The number of hydrogen-bond acceptors (Lipinski definition) is 4. The molecular weight excluding hydrogens is 280 g/mol. The smallest absolute Gasteiger partial charge is 0.255 e. The third-order valence-electron chi connectivity index (χ3n) is 3.10.